The summed E-state index contributed by atoms with van der Waals surface area (Å²) in [6, 6.07) is 12.4. The molecule has 0 unspecified atom stereocenters. The number of pyridine rings is 1. The minimum Gasteiger partial charge on any atom is -0.516 e. The third kappa shape index (κ3) is 4.39. The largest absolute Gasteiger partial charge is 0.516 e. The first-order valence-electron chi connectivity index (χ1n) is 7.37. The number of aromatic nitrogens is 1. The zero-order chi connectivity index (χ0) is 18.9. The minimum absolute atomic E-state index is 0.0000593. The van der Waals surface area contributed by atoms with Gasteiger partial charge in [-0.05, 0) is 47.8 Å². The normalized spacial score (nSPS) is 12.0. The summed E-state index contributed by atoms with van der Waals surface area (Å²) in [5.74, 6) is 1.31. The highest BCUT2D eigenvalue weighted by molar-refractivity contribution is 7.89. The van der Waals surface area contributed by atoms with Gasteiger partial charge in [0.2, 0.25) is 10.0 Å². The maximum Gasteiger partial charge on any atom is 0.238 e. The van der Waals surface area contributed by atoms with Gasteiger partial charge >= 0.3 is 0 Å². The van der Waals surface area contributed by atoms with Crippen LogP contribution in [0, 0.1) is 0 Å². The van der Waals surface area contributed by atoms with Crippen molar-refractivity contribution in [1.82, 2.24) is 4.98 Å². The molecule has 1 aromatic heterocycles. The van der Waals surface area contributed by atoms with Gasteiger partial charge < -0.3 is 9.47 Å². The third-order valence-electron chi connectivity index (χ3n) is 3.35. The molecule has 0 aliphatic carbocycles. The number of hydrogen-bond donors (Lipinski definition) is 1. The van der Waals surface area contributed by atoms with Crippen molar-refractivity contribution in [3.05, 3.63) is 54.7 Å². The first kappa shape index (κ1) is 18.3. The molecule has 1 heterocycles. The van der Waals surface area contributed by atoms with Crippen LogP contribution in [-0.2, 0) is 10.0 Å². The molecule has 0 atom stereocenters. The molecular formula is C16H11B3N2O4S. The van der Waals surface area contributed by atoms with Crippen molar-refractivity contribution in [2.24, 2.45) is 5.14 Å². The van der Waals surface area contributed by atoms with Crippen molar-refractivity contribution in [3.8, 4) is 17.2 Å². The second-order valence-corrected chi connectivity index (χ2v) is 7.12. The number of nitrogens with two attached hydrogens (primary N) is 1. The van der Waals surface area contributed by atoms with Crippen molar-refractivity contribution in [1.29, 1.82) is 0 Å². The van der Waals surface area contributed by atoms with E-state index in [2.05, 4.69) is 4.98 Å². The topological polar surface area (TPSA) is 91.5 Å². The molecule has 0 aliphatic rings. The molecule has 6 radical (unpaired) electrons. The van der Waals surface area contributed by atoms with Gasteiger partial charge in [0.15, 0.2) is 0 Å². The van der Waals surface area contributed by atoms with Crippen LogP contribution in [0.3, 0.4) is 0 Å². The first-order chi connectivity index (χ1) is 12.1. The van der Waals surface area contributed by atoms with Crippen molar-refractivity contribution >= 4 is 44.5 Å². The number of benzene rings is 2. The summed E-state index contributed by atoms with van der Waals surface area (Å²) in [6.45, 7) is 0. The Morgan fingerprint density at radius 1 is 0.962 bits per heavy atom. The Kier molecular flexibility index (Phi) is 4.73. The summed E-state index contributed by atoms with van der Waals surface area (Å²) in [5.41, 5.74) is 0.574. The van der Waals surface area contributed by atoms with Crippen LogP contribution in [0.25, 0.3) is 10.9 Å². The van der Waals surface area contributed by atoms with Gasteiger partial charge in [-0.3, -0.25) is 4.98 Å². The molecule has 0 saturated carbocycles. The van der Waals surface area contributed by atoms with Gasteiger partial charge in [0.25, 0.3) is 0 Å². The van der Waals surface area contributed by atoms with Crippen LogP contribution >= 0.6 is 0 Å². The van der Waals surface area contributed by atoms with E-state index in [1.54, 1.807) is 30.5 Å². The zero-order valence-corrected chi connectivity index (χ0v) is 14.3. The van der Waals surface area contributed by atoms with Crippen molar-refractivity contribution < 1.29 is 17.9 Å². The average Bonchev–Trinajstić information content (AvgIpc) is 2.53. The number of ether oxygens (including phenoxy) is 2. The lowest BCUT2D eigenvalue weighted by Crippen LogP contribution is -2.37. The van der Waals surface area contributed by atoms with Crippen LogP contribution in [0.15, 0.2) is 59.6 Å². The second kappa shape index (κ2) is 6.70. The number of rotatable bonds is 5. The Labute approximate surface area is 155 Å². The molecule has 6 nitrogen and oxygen atoms in total. The van der Waals surface area contributed by atoms with Crippen molar-refractivity contribution in [2.45, 2.75) is 10.2 Å². The standard InChI is InChI=1S/C16H11B3N2O4S/c17-16(18,19)25-11-3-6-13-14(9-11)21-8-7-15(13)24-10-1-4-12(5-2-10)26(20,22)23/h1-9H,(H2,20,22,23). The molecule has 0 spiro atoms. The molecule has 0 amide bonds. The molecular weight excluding hydrogens is 349 g/mol. The zero-order valence-electron chi connectivity index (χ0n) is 13.5. The highest BCUT2D eigenvalue weighted by Crippen LogP contribution is 2.31. The van der Waals surface area contributed by atoms with E-state index >= 15 is 0 Å². The maximum atomic E-state index is 11.3. The Bertz CT molecular complexity index is 1050. The van der Waals surface area contributed by atoms with Crippen molar-refractivity contribution in [2.75, 3.05) is 0 Å². The van der Waals surface area contributed by atoms with E-state index in [0.29, 0.717) is 28.2 Å². The van der Waals surface area contributed by atoms with Gasteiger partial charge in [-0.25, -0.2) is 13.6 Å². The summed E-state index contributed by atoms with van der Waals surface area (Å²) >= 11 is 0. The minimum atomic E-state index is -3.76. The smallest absolute Gasteiger partial charge is 0.238 e. The van der Waals surface area contributed by atoms with Crippen LogP contribution in [0.2, 0.25) is 0 Å². The second-order valence-electron chi connectivity index (χ2n) is 5.56. The number of nitrogens with zero attached hydrogens (tertiary/aromatic N) is 1. The predicted molar refractivity (Wildman–Crippen MR) is 100 cm³/mol. The molecule has 26 heavy (non-hydrogen) atoms. The first-order valence-corrected chi connectivity index (χ1v) is 8.92. The lowest BCUT2D eigenvalue weighted by molar-refractivity contribution is 0.319. The number of hydrogen-bond acceptors (Lipinski definition) is 5. The van der Waals surface area contributed by atoms with Crippen LogP contribution in [0.5, 0.6) is 17.2 Å². The molecule has 2 aromatic carbocycles. The van der Waals surface area contributed by atoms with Gasteiger partial charge in [-0.15, -0.1) is 0 Å². The Morgan fingerprint density at radius 3 is 2.23 bits per heavy atom. The summed E-state index contributed by atoms with van der Waals surface area (Å²) in [7, 11) is 12.5. The molecule has 2 N–H and O–H groups in total. The fourth-order valence-corrected chi connectivity index (χ4v) is 2.80. The lowest BCUT2D eigenvalue weighted by atomic mass is 9.52. The monoisotopic (exact) mass is 360 g/mol. The van der Waals surface area contributed by atoms with E-state index in [1.807, 2.05) is 0 Å². The predicted octanol–water partition coefficient (Wildman–Crippen LogP) is 1.17. The molecule has 124 valence electrons. The SMILES string of the molecule is [B]C([B])([B])Oc1ccc2c(Oc3ccc(S(N)(=O)=O)cc3)ccnc2c1. The van der Waals surface area contributed by atoms with Crippen LogP contribution in [0.4, 0.5) is 0 Å². The lowest BCUT2D eigenvalue weighted by Gasteiger charge is -2.23. The summed E-state index contributed by atoms with van der Waals surface area (Å²) < 4.78 is 33.6. The van der Waals surface area contributed by atoms with E-state index in [1.165, 1.54) is 24.3 Å². The fourth-order valence-electron chi connectivity index (χ4n) is 2.28. The number of primary sulfonamides is 1. The summed E-state index contributed by atoms with van der Waals surface area (Å²) in [4.78, 5) is 4.24. The number of fused-ring (bicyclic) bond motifs is 1. The molecule has 0 bridgehead atoms. The Morgan fingerprint density at radius 2 is 1.62 bits per heavy atom. The van der Waals surface area contributed by atoms with E-state index in [-0.39, 0.29) is 4.90 Å². The van der Waals surface area contributed by atoms with E-state index in [9.17, 15) is 8.42 Å². The molecule has 0 saturated heterocycles. The van der Waals surface area contributed by atoms with Gasteiger partial charge in [-0.1, -0.05) is 0 Å². The highest BCUT2D eigenvalue weighted by Gasteiger charge is 2.13. The fraction of sp³-hybridized carbons (Fsp3) is 0.0625. The molecule has 3 rings (SSSR count). The quantitative estimate of drug-likeness (QED) is 0.690. The average molecular weight is 360 g/mol. The van der Waals surface area contributed by atoms with Gasteiger partial charge in [0.1, 0.15) is 40.8 Å². The molecule has 3 aromatic rings. The number of sulfonamides is 1. The van der Waals surface area contributed by atoms with Crippen molar-refractivity contribution in [3.63, 3.8) is 0 Å². The molecule has 0 fully saturated rings. The van der Waals surface area contributed by atoms with Crippen LogP contribution in [0.1, 0.15) is 0 Å². The third-order valence-corrected chi connectivity index (χ3v) is 4.28. The van der Waals surface area contributed by atoms with E-state index < -0.39 is 15.3 Å². The maximum absolute atomic E-state index is 11.3. The Balaban J connectivity index is 1.91. The Hall–Kier alpha value is -2.45. The van der Waals surface area contributed by atoms with Gasteiger partial charge in [0, 0.05) is 17.6 Å². The highest BCUT2D eigenvalue weighted by atomic mass is 32.2. The van der Waals surface area contributed by atoms with Crippen LogP contribution in [-0.4, -0.2) is 42.2 Å². The van der Waals surface area contributed by atoms with Gasteiger partial charge in [-0.2, -0.15) is 0 Å². The van der Waals surface area contributed by atoms with Crippen LogP contribution < -0.4 is 14.6 Å². The summed E-state index contributed by atoms with van der Waals surface area (Å²) in [5, 5.41) is 3.98. The molecule has 10 heteroatoms. The summed E-state index contributed by atoms with van der Waals surface area (Å²) in [6.07, 6.45) is 1.56. The molecule has 0 aliphatic heterocycles. The van der Waals surface area contributed by atoms with E-state index in [0.717, 1.165) is 0 Å². The van der Waals surface area contributed by atoms with Gasteiger partial charge in [0.05, 0.1) is 10.4 Å². The van der Waals surface area contributed by atoms with E-state index in [4.69, 9.17) is 38.2 Å².